The topological polar surface area (TPSA) is 97.0 Å². The van der Waals surface area contributed by atoms with Gasteiger partial charge in [0.15, 0.2) is 6.61 Å². The van der Waals surface area contributed by atoms with Crippen molar-refractivity contribution in [3.8, 4) is 5.75 Å². The molecular weight excluding hydrogens is 385 g/mol. The van der Waals surface area contributed by atoms with Crippen LogP contribution < -0.4 is 15.4 Å². The zero-order valence-electron chi connectivity index (χ0n) is 14.9. The molecule has 0 aliphatic heterocycles. The molecule has 144 valence electrons. The second-order valence-corrected chi connectivity index (χ2v) is 6.80. The molecule has 10 heteroatoms. The van der Waals surface area contributed by atoms with Crippen molar-refractivity contribution in [3.63, 3.8) is 0 Å². The summed E-state index contributed by atoms with van der Waals surface area (Å²) in [6.45, 7) is 2.82. The maximum atomic E-state index is 11.9. The molecule has 0 atom stereocenters. The zero-order valence-corrected chi connectivity index (χ0v) is 16.4. The number of hydrogen-bond donors (Lipinski definition) is 2. The van der Waals surface area contributed by atoms with E-state index in [0.717, 1.165) is 4.90 Å². The Kier molecular flexibility index (Phi) is 7.98. The molecule has 0 bridgehead atoms. The van der Waals surface area contributed by atoms with Crippen molar-refractivity contribution in [1.29, 1.82) is 0 Å². The lowest BCUT2D eigenvalue weighted by molar-refractivity contribution is -0.147. The third-order valence-corrected chi connectivity index (χ3v) is 3.63. The molecular formula is C16H21Cl2N3O5. The van der Waals surface area contributed by atoms with Crippen LogP contribution >= 0.6 is 23.2 Å². The van der Waals surface area contributed by atoms with Crippen molar-refractivity contribution in [2.45, 2.75) is 19.4 Å². The van der Waals surface area contributed by atoms with Gasteiger partial charge in [0, 0.05) is 19.1 Å². The van der Waals surface area contributed by atoms with Crippen LogP contribution in [0, 0.1) is 0 Å². The van der Waals surface area contributed by atoms with Gasteiger partial charge in [0.05, 0.1) is 10.6 Å². The minimum absolute atomic E-state index is 0.114. The second kappa shape index (κ2) is 9.49. The molecule has 0 aliphatic rings. The Labute approximate surface area is 161 Å². The van der Waals surface area contributed by atoms with E-state index in [2.05, 4.69) is 10.6 Å². The summed E-state index contributed by atoms with van der Waals surface area (Å²) in [5, 5.41) is 5.64. The van der Waals surface area contributed by atoms with Gasteiger partial charge in [-0.25, -0.2) is 19.3 Å². The number of benzene rings is 1. The van der Waals surface area contributed by atoms with Crippen LogP contribution in [0.1, 0.15) is 13.8 Å². The molecule has 0 heterocycles. The Morgan fingerprint density at radius 1 is 1.19 bits per heavy atom. The van der Waals surface area contributed by atoms with Crippen LogP contribution in [0.5, 0.6) is 5.75 Å². The quantitative estimate of drug-likeness (QED) is 0.709. The molecule has 1 rings (SSSR count). The first-order valence-corrected chi connectivity index (χ1v) is 8.32. The minimum atomic E-state index is -0.896. The molecule has 26 heavy (non-hydrogen) atoms. The summed E-state index contributed by atoms with van der Waals surface area (Å²) < 4.78 is 10.4. The maximum absolute atomic E-state index is 11.9. The van der Waals surface area contributed by atoms with Gasteiger partial charge in [-0.3, -0.25) is 0 Å². The predicted octanol–water partition coefficient (Wildman–Crippen LogP) is 2.67. The summed E-state index contributed by atoms with van der Waals surface area (Å²) in [6, 6.07) is 3.41. The average Bonchev–Trinajstić information content (AvgIpc) is 2.57. The molecule has 0 radical (unpaired) electrons. The molecule has 2 N–H and O–H groups in total. The third-order valence-electron chi connectivity index (χ3n) is 3.10. The number of nitrogens with one attached hydrogen (secondary N) is 2. The number of nitrogens with zero attached hydrogens (tertiary/aromatic N) is 1. The first-order valence-electron chi connectivity index (χ1n) is 7.57. The highest BCUT2D eigenvalue weighted by Crippen LogP contribution is 2.27. The van der Waals surface area contributed by atoms with E-state index in [9.17, 15) is 14.4 Å². The Hall–Kier alpha value is -2.19. The van der Waals surface area contributed by atoms with Gasteiger partial charge in [0.1, 0.15) is 12.4 Å². The molecule has 0 spiro atoms. The fourth-order valence-electron chi connectivity index (χ4n) is 1.70. The molecule has 4 amide bonds. The van der Waals surface area contributed by atoms with Crippen LogP contribution in [-0.4, -0.2) is 55.8 Å². The Morgan fingerprint density at radius 2 is 1.85 bits per heavy atom. The van der Waals surface area contributed by atoms with Gasteiger partial charge in [-0.15, -0.1) is 0 Å². The van der Waals surface area contributed by atoms with Crippen LogP contribution in [-0.2, 0) is 9.53 Å². The van der Waals surface area contributed by atoms with Gasteiger partial charge in [0.2, 0.25) is 0 Å². The minimum Gasteiger partial charge on any atom is -0.480 e. The van der Waals surface area contributed by atoms with E-state index in [1.165, 1.54) is 26.2 Å². The number of carbonyl (C=O) groups is 3. The van der Waals surface area contributed by atoms with Gasteiger partial charge in [-0.1, -0.05) is 23.2 Å². The largest absolute Gasteiger partial charge is 0.480 e. The third kappa shape index (κ3) is 6.97. The normalized spacial score (nSPS) is 10.7. The summed E-state index contributed by atoms with van der Waals surface area (Å²) in [7, 11) is 2.73. The number of amides is 4. The van der Waals surface area contributed by atoms with E-state index >= 15 is 0 Å². The smallest absolute Gasteiger partial charge is 0.344 e. The number of imide groups is 1. The average molecular weight is 406 g/mol. The standard InChI is InChI=1S/C16H21Cl2N3O5/c1-16(2,20-15(24)21(4)14(23)19-3)9-26-13(22)8-25-12-6-5-10(17)7-11(12)18/h5-7H,8-9H2,1-4H3,(H,19,23)(H,20,24). The van der Waals surface area contributed by atoms with Crippen molar-refractivity contribution in [3.05, 3.63) is 28.2 Å². The molecule has 1 aromatic rings. The molecule has 0 saturated carbocycles. The molecule has 8 nitrogen and oxygen atoms in total. The highest BCUT2D eigenvalue weighted by atomic mass is 35.5. The summed E-state index contributed by atoms with van der Waals surface area (Å²) in [4.78, 5) is 36.0. The number of urea groups is 2. The zero-order chi connectivity index (χ0) is 19.9. The molecule has 0 fully saturated rings. The molecule has 1 aromatic carbocycles. The van der Waals surface area contributed by atoms with Crippen LogP contribution in [0.2, 0.25) is 10.0 Å². The Balaban J connectivity index is 2.47. The predicted molar refractivity (Wildman–Crippen MR) is 97.7 cm³/mol. The molecule has 0 unspecified atom stereocenters. The van der Waals surface area contributed by atoms with Gasteiger partial charge in [0.25, 0.3) is 0 Å². The van der Waals surface area contributed by atoms with Crippen molar-refractivity contribution in [1.82, 2.24) is 15.5 Å². The molecule has 0 aromatic heterocycles. The van der Waals surface area contributed by atoms with E-state index < -0.39 is 23.6 Å². The first-order chi connectivity index (χ1) is 12.1. The van der Waals surface area contributed by atoms with Crippen molar-refractivity contribution < 1.29 is 23.9 Å². The van der Waals surface area contributed by atoms with Crippen LogP contribution in [0.4, 0.5) is 9.59 Å². The SMILES string of the molecule is CNC(=O)N(C)C(=O)NC(C)(C)COC(=O)COc1ccc(Cl)cc1Cl. The highest BCUT2D eigenvalue weighted by Gasteiger charge is 2.26. The summed E-state index contributed by atoms with van der Waals surface area (Å²) in [5.41, 5.74) is -0.896. The van der Waals surface area contributed by atoms with Gasteiger partial charge in [-0.05, 0) is 32.0 Å². The van der Waals surface area contributed by atoms with Gasteiger partial charge in [-0.2, -0.15) is 0 Å². The van der Waals surface area contributed by atoms with Crippen LogP contribution in [0.3, 0.4) is 0 Å². The van der Waals surface area contributed by atoms with E-state index in [4.69, 9.17) is 32.7 Å². The van der Waals surface area contributed by atoms with E-state index in [1.54, 1.807) is 19.9 Å². The van der Waals surface area contributed by atoms with Crippen LogP contribution in [0.15, 0.2) is 18.2 Å². The van der Waals surface area contributed by atoms with Crippen molar-refractivity contribution in [2.24, 2.45) is 0 Å². The van der Waals surface area contributed by atoms with Crippen molar-refractivity contribution >= 4 is 41.2 Å². The van der Waals surface area contributed by atoms with Crippen LogP contribution in [0.25, 0.3) is 0 Å². The first kappa shape index (κ1) is 21.9. The number of esters is 1. The van der Waals surface area contributed by atoms with E-state index in [-0.39, 0.29) is 18.2 Å². The van der Waals surface area contributed by atoms with Gasteiger partial charge < -0.3 is 20.1 Å². The summed E-state index contributed by atoms with van der Waals surface area (Å²) in [5.74, 6) is -0.342. The number of carbonyl (C=O) groups excluding carboxylic acids is 3. The fourth-order valence-corrected chi connectivity index (χ4v) is 2.16. The summed E-state index contributed by atoms with van der Waals surface area (Å²) in [6.07, 6.45) is 0. The Bertz CT molecular complexity index is 682. The lowest BCUT2D eigenvalue weighted by atomic mass is 10.1. The number of ether oxygens (including phenoxy) is 2. The van der Waals surface area contributed by atoms with Gasteiger partial charge >= 0.3 is 18.0 Å². The Morgan fingerprint density at radius 3 is 2.42 bits per heavy atom. The number of halogens is 2. The summed E-state index contributed by atoms with van der Waals surface area (Å²) >= 11 is 11.7. The second-order valence-electron chi connectivity index (χ2n) is 5.95. The monoisotopic (exact) mass is 405 g/mol. The fraction of sp³-hybridized carbons (Fsp3) is 0.438. The molecule has 0 aliphatic carbocycles. The maximum Gasteiger partial charge on any atom is 0.344 e. The van der Waals surface area contributed by atoms with E-state index in [0.29, 0.717) is 10.8 Å². The lowest BCUT2D eigenvalue weighted by Crippen LogP contribution is -2.54. The lowest BCUT2D eigenvalue weighted by Gasteiger charge is -2.28. The van der Waals surface area contributed by atoms with Crippen molar-refractivity contribution in [2.75, 3.05) is 27.3 Å². The molecule has 0 saturated heterocycles. The highest BCUT2D eigenvalue weighted by molar-refractivity contribution is 6.35. The van der Waals surface area contributed by atoms with E-state index in [1.807, 2.05) is 0 Å². The number of hydrogen-bond acceptors (Lipinski definition) is 5. The number of rotatable bonds is 6.